The van der Waals surface area contributed by atoms with Crippen LogP contribution in [-0.4, -0.2) is 35.3 Å². The number of amides is 4. The van der Waals surface area contributed by atoms with Gasteiger partial charge in [0.2, 0.25) is 5.91 Å². The van der Waals surface area contributed by atoms with Gasteiger partial charge in [0, 0.05) is 6.04 Å². The number of rotatable bonds is 6. The van der Waals surface area contributed by atoms with Crippen molar-refractivity contribution >= 4 is 17.8 Å². The maximum Gasteiger partial charge on any atom is 0.325 e. The lowest BCUT2D eigenvalue weighted by Crippen LogP contribution is -2.45. The molecule has 2 rings (SSSR count). The molecule has 2 unspecified atom stereocenters. The van der Waals surface area contributed by atoms with Gasteiger partial charge in [0.15, 0.2) is 0 Å². The molecule has 0 saturated carbocycles. The van der Waals surface area contributed by atoms with E-state index in [-0.39, 0.29) is 18.5 Å². The number of hydrogen-bond acceptors (Lipinski definition) is 4. The predicted molar refractivity (Wildman–Crippen MR) is 91.3 cm³/mol. The predicted octanol–water partition coefficient (Wildman–Crippen LogP) is 1.63. The monoisotopic (exact) mass is 342 g/mol. The molecule has 0 aromatic heterocycles. The normalized spacial score (nSPS) is 20.8. The van der Waals surface area contributed by atoms with E-state index in [4.69, 9.17) is 5.26 Å². The zero-order valence-corrected chi connectivity index (χ0v) is 14.6. The van der Waals surface area contributed by atoms with Gasteiger partial charge >= 0.3 is 6.03 Å². The Morgan fingerprint density at radius 1 is 1.44 bits per heavy atom. The molecule has 1 heterocycles. The largest absolute Gasteiger partial charge is 0.352 e. The molecule has 2 N–H and O–H groups in total. The van der Waals surface area contributed by atoms with E-state index in [2.05, 4.69) is 10.6 Å². The summed E-state index contributed by atoms with van der Waals surface area (Å²) in [6.07, 6.45) is 1.75. The van der Waals surface area contributed by atoms with Crippen molar-refractivity contribution in [3.63, 3.8) is 0 Å². The summed E-state index contributed by atoms with van der Waals surface area (Å²) in [6, 6.07) is 7.88. The van der Waals surface area contributed by atoms with Crippen LogP contribution in [0.4, 0.5) is 4.79 Å². The van der Waals surface area contributed by atoms with Crippen molar-refractivity contribution in [1.29, 1.82) is 5.26 Å². The fourth-order valence-electron chi connectivity index (χ4n) is 2.91. The first kappa shape index (κ1) is 18.5. The molecular weight excluding hydrogens is 320 g/mol. The summed E-state index contributed by atoms with van der Waals surface area (Å²) in [4.78, 5) is 38.0. The smallest absolute Gasteiger partial charge is 0.325 e. The Labute approximate surface area is 147 Å². The quantitative estimate of drug-likeness (QED) is 0.767. The molecule has 132 valence electrons. The topological polar surface area (TPSA) is 102 Å². The number of nitriles is 1. The van der Waals surface area contributed by atoms with Gasteiger partial charge in [-0.25, -0.2) is 4.79 Å². The molecule has 0 bridgehead atoms. The number of urea groups is 1. The first-order valence-electron chi connectivity index (χ1n) is 8.26. The van der Waals surface area contributed by atoms with Gasteiger partial charge in [-0.05, 0) is 38.0 Å². The second kappa shape index (κ2) is 7.34. The van der Waals surface area contributed by atoms with Crippen molar-refractivity contribution in [3.05, 3.63) is 35.4 Å². The molecule has 4 amide bonds. The summed E-state index contributed by atoms with van der Waals surface area (Å²) in [5.41, 5.74) is -0.392. The van der Waals surface area contributed by atoms with Gasteiger partial charge < -0.3 is 10.6 Å². The van der Waals surface area contributed by atoms with Crippen molar-refractivity contribution < 1.29 is 14.4 Å². The molecule has 7 nitrogen and oxygen atoms in total. The molecule has 0 radical (unpaired) electrons. The number of carbonyl (C=O) groups is 3. The Bertz CT molecular complexity index is 740. The van der Waals surface area contributed by atoms with Crippen LogP contribution in [0.5, 0.6) is 0 Å². The number of hydrogen-bond donors (Lipinski definition) is 2. The van der Waals surface area contributed by atoms with Gasteiger partial charge in [-0.15, -0.1) is 0 Å². The number of carbonyl (C=O) groups excluding carboxylic acids is 3. The number of nitrogens with one attached hydrogen (secondary N) is 2. The van der Waals surface area contributed by atoms with Gasteiger partial charge in [-0.3, -0.25) is 14.5 Å². The Morgan fingerprint density at radius 3 is 2.80 bits per heavy atom. The highest BCUT2D eigenvalue weighted by Gasteiger charge is 2.49. The highest BCUT2D eigenvalue weighted by atomic mass is 16.2. The minimum Gasteiger partial charge on any atom is -0.352 e. The minimum absolute atomic E-state index is 0.0167. The second-order valence-electron chi connectivity index (χ2n) is 6.40. The van der Waals surface area contributed by atoms with Gasteiger partial charge in [-0.1, -0.05) is 25.5 Å². The summed E-state index contributed by atoms with van der Waals surface area (Å²) in [6.45, 7) is 5.14. The zero-order valence-electron chi connectivity index (χ0n) is 14.6. The van der Waals surface area contributed by atoms with Crippen LogP contribution in [0.15, 0.2) is 24.3 Å². The van der Waals surface area contributed by atoms with E-state index in [0.717, 1.165) is 17.7 Å². The van der Waals surface area contributed by atoms with E-state index in [0.29, 0.717) is 11.1 Å². The van der Waals surface area contributed by atoms with E-state index < -0.39 is 17.5 Å². The minimum atomic E-state index is -1.29. The van der Waals surface area contributed by atoms with Crippen molar-refractivity contribution in [2.75, 3.05) is 6.54 Å². The lowest BCUT2D eigenvalue weighted by atomic mass is 9.91. The molecule has 1 aromatic rings. The van der Waals surface area contributed by atoms with E-state index in [1.54, 1.807) is 31.2 Å². The molecule has 2 atom stereocenters. The van der Waals surface area contributed by atoms with Crippen LogP contribution < -0.4 is 10.6 Å². The van der Waals surface area contributed by atoms with Crippen LogP contribution in [0.2, 0.25) is 0 Å². The van der Waals surface area contributed by atoms with Gasteiger partial charge in [0.1, 0.15) is 12.1 Å². The molecule has 1 aliphatic heterocycles. The molecule has 1 fully saturated rings. The summed E-state index contributed by atoms with van der Waals surface area (Å²) in [5.74, 6) is -0.884. The molecule has 1 aliphatic rings. The maximum atomic E-state index is 12.8. The molecule has 0 aliphatic carbocycles. The lowest BCUT2D eigenvalue weighted by Gasteiger charge is -2.22. The van der Waals surface area contributed by atoms with Crippen molar-refractivity contribution in [2.45, 2.75) is 45.2 Å². The van der Waals surface area contributed by atoms with Crippen LogP contribution in [0.1, 0.15) is 44.7 Å². The summed E-state index contributed by atoms with van der Waals surface area (Å²) in [5, 5.41) is 14.4. The van der Waals surface area contributed by atoms with Crippen LogP contribution in [-0.2, 0) is 15.1 Å². The van der Waals surface area contributed by atoms with Gasteiger partial charge in [0.05, 0.1) is 11.6 Å². The third-order valence-electron chi connectivity index (χ3n) is 4.27. The summed E-state index contributed by atoms with van der Waals surface area (Å²) in [7, 11) is 0. The van der Waals surface area contributed by atoms with E-state index in [9.17, 15) is 14.4 Å². The van der Waals surface area contributed by atoms with E-state index in [1.807, 2.05) is 19.9 Å². The van der Waals surface area contributed by atoms with Crippen molar-refractivity contribution in [3.8, 4) is 6.07 Å². The Morgan fingerprint density at radius 2 is 2.16 bits per heavy atom. The summed E-state index contributed by atoms with van der Waals surface area (Å²) >= 11 is 0. The number of imide groups is 1. The molecule has 1 saturated heterocycles. The van der Waals surface area contributed by atoms with E-state index >= 15 is 0 Å². The van der Waals surface area contributed by atoms with Crippen LogP contribution in [0.3, 0.4) is 0 Å². The van der Waals surface area contributed by atoms with Crippen LogP contribution >= 0.6 is 0 Å². The average Bonchev–Trinajstić information content (AvgIpc) is 2.79. The third kappa shape index (κ3) is 3.79. The van der Waals surface area contributed by atoms with E-state index in [1.165, 1.54) is 0 Å². The first-order valence-corrected chi connectivity index (χ1v) is 8.26. The molecule has 25 heavy (non-hydrogen) atoms. The fourth-order valence-corrected chi connectivity index (χ4v) is 2.91. The van der Waals surface area contributed by atoms with Crippen LogP contribution in [0, 0.1) is 11.3 Å². The first-order chi connectivity index (χ1) is 11.8. The molecular formula is C18H22N4O3. The SMILES string of the molecule is CCCC(C)NC(=O)CN1C(=O)NC(C)(c2cccc(C#N)c2)C1=O. The Balaban J connectivity index is 2.16. The standard InChI is InChI=1S/C18H22N4O3/c1-4-6-12(2)20-15(23)11-22-16(24)18(3,21-17(22)25)14-8-5-7-13(9-14)10-19/h5,7-9,12H,4,6,11H2,1-3H3,(H,20,23)(H,21,25). The average molecular weight is 342 g/mol. The third-order valence-corrected chi connectivity index (χ3v) is 4.27. The maximum absolute atomic E-state index is 12.8. The number of nitrogens with zero attached hydrogens (tertiary/aromatic N) is 2. The lowest BCUT2D eigenvalue weighted by molar-refractivity contribution is -0.135. The fraction of sp³-hybridized carbons (Fsp3) is 0.444. The van der Waals surface area contributed by atoms with Crippen molar-refractivity contribution in [1.82, 2.24) is 15.5 Å². The van der Waals surface area contributed by atoms with Gasteiger partial charge in [0.25, 0.3) is 5.91 Å². The van der Waals surface area contributed by atoms with Gasteiger partial charge in [-0.2, -0.15) is 5.26 Å². The van der Waals surface area contributed by atoms with Crippen LogP contribution in [0.25, 0.3) is 0 Å². The number of benzene rings is 1. The summed E-state index contributed by atoms with van der Waals surface area (Å²) < 4.78 is 0. The second-order valence-corrected chi connectivity index (χ2v) is 6.40. The molecule has 7 heteroatoms. The highest BCUT2D eigenvalue weighted by Crippen LogP contribution is 2.29. The Kier molecular flexibility index (Phi) is 5.42. The highest BCUT2D eigenvalue weighted by molar-refractivity contribution is 6.09. The molecule has 0 spiro atoms. The zero-order chi connectivity index (χ0) is 18.6. The Hall–Kier alpha value is -2.88. The van der Waals surface area contributed by atoms with Crippen molar-refractivity contribution in [2.24, 2.45) is 0 Å². The molecule has 1 aromatic carbocycles.